The van der Waals surface area contributed by atoms with E-state index in [2.05, 4.69) is 15.6 Å². The third kappa shape index (κ3) is 5.68. The van der Waals surface area contributed by atoms with Gasteiger partial charge in [-0.2, -0.15) is 0 Å². The number of hydrogen-bond acceptors (Lipinski definition) is 4. The fourth-order valence-electron chi connectivity index (χ4n) is 2.08. The van der Waals surface area contributed by atoms with Crippen molar-refractivity contribution in [2.45, 2.75) is 13.0 Å². The molecule has 0 unspecified atom stereocenters. The molecule has 0 aliphatic carbocycles. The Balaban J connectivity index is 1.73. The number of nitrogens with two attached hydrogens (primary N) is 1. The van der Waals surface area contributed by atoms with Gasteiger partial charge >= 0.3 is 0 Å². The second-order valence-electron chi connectivity index (χ2n) is 5.07. The Morgan fingerprint density at radius 1 is 1.29 bits per heavy atom. The molecule has 0 atom stereocenters. The molecule has 2 rings (SSSR count). The number of benzene rings is 1. The van der Waals surface area contributed by atoms with Crippen molar-refractivity contribution < 1.29 is 9.53 Å². The van der Waals surface area contributed by atoms with Crippen molar-refractivity contribution >= 4 is 28.9 Å². The van der Waals surface area contributed by atoms with Crippen LogP contribution in [-0.4, -0.2) is 32.1 Å². The van der Waals surface area contributed by atoms with E-state index in [1.165, 1.54) is 11.3 Å². The summed E-state index contributed by atoms with van der Waals surface area (Å²) < 4.78 is 5.16. The number of methoxy groups -OCH3 is 1. The summed E-state index contributed by atoms with van der Waals surface area (Å²) in [5, 5.41) is 7.82. The molecule has 0 saturated heterocycles. The van der Waals surface area contributed by atoms with Crippen molar-refractivity contribution in [2.24, 2.45) is 10.7 Å². The third-order valence-corrected chi connectivity index (χ3v) is 4.10. The molecule has 1 aromatic carbocycles. The van der Waals surface area contributed by atoms with Gasteiger partial charge in [0.05, 0.1) is 11.5 Å². The van der Waals surface area contributed by atoms with Gasteiger partial charge in [0.15, 0.2) is 5.96 Å². The van der Waals surface area contributed by atoms with E-state index in [-0.39, 0.29) is 5.91 Å². The van der Waals surface area contributed by atoms with Gasteiger partial charge in [-0.05, 0) is 23.9 Å². The molecule has 0 spiro atoms. The molecular formula is C17H22N4O2S. The van der Waals surface area contributed by atoms with E-state index < -0.39 is 0 Å². The number of carbonyl (C=O) groups is 1. The predicted octanol–water partition coefficient (Wildman–Crippen LogP) is 2.44. The van der Waals surface area contributed by atoms with Gasteiger partial charge in [-0.1, -0.05) is 24.3 Å². The Bertz CT molecular complexity index is 671. The average Bonchev–Trinajstić information content (AvgIpc) is 3.11. The summed E-state index contributed by atoms with van der Waals surface area (Å²) in [5.41, 5.74) is 7.80. The lowest BCUT2D eigenvalue weighted by Gasteiger charge is -2.10. The molecule has 1 amide bonds. The largest absolute Gasteiger partial charge is 0.380 e. The van der Waals surface area contributed by atoms with Crippen LogP contribution in [0.2, 0.25) is 0 Å². The summed E-state index contributed by atoms with van der Waals surface area (Å²) in [4.78, 5) is 16.7. The van der Waals surface area contributed by atoms with Gasteiger partial charge < -0.3 is 21.1 Å². The maximum atomic E-state index is 11.8. The Morgan fingerprint density at radius 2 is 2.12 bits per heavy atom. The molecule has 1 heterocycles. The Hall–Kier alpha value is -2.38. The molecule has 2 aromatic rings. The number of hydrogen-bond donors (Lipinski definition) is 3. The van der Waals surface area contributed by atoms with Crippen molar-refractivity contribution in [1.82, 2.24) is 5.32 Å². The summed E-state index contributed by atoms with van der Waals surface area (Å²) in [6, 6.07) is 11.4. The summed E-state index contributed by atoms with van der Waals surface area (Å²) in [6.07, 6.45) is 0.721. The molecule has 128 valence electrons. The van der Waals surface area contributed by atoms with E-state index in [1.807, 2.05) is 35.7 Å². The second-order valence-corrected chi connectivity index (χ2v) is 6.02. The number of amides is 1. The van der Waals surface area contributed by atoms with Crippen molar-refractivity contribution in [3.05, 3.63) is 52.2 Å². The number of para-hydroxylation sites is 1. The number of ether oxygens (including phenoxy) is 1. The minimum Gasteiger partial charge on any atom is -0.380 e. The van der Waals surface area contributed by atoms with Crippen molar-refractivity contribution in [1.29, 1.82) is 0 Å². The van der Waals surface area contributed by atoms with Crippen LogP contribution in [0.15, 0.2) is 46.8 Å². The fraction of sp³-hybridized carbons (Fsp3) is 0.294. The van der Waals surface area contributed by atoms with Crippen LogP contribution in [-0.2, 0) is 11.3 Å². The minimum atomic E-state index is -0.0476. The normalized spacial score (nSPS) is 11.3. The highest BCUT2D eigenvalue weighted by Crippen LogP contribution is 2.15. The van der Waals surface area contributed by atoms with E-state index in [4.69, 9.17) is 10.5 Å². The zero-order valence-electron chi connectivity index (χ0n) is 13.6. The van der Waals surface area contributed by atoms with Gasteiger partial charge in [-0.15, -0.1) is 11.3 Å². The number of carbonyl (C=O) groups excluding carboxylic acids is 1. The van der Waals surface area contributed by atoms with Crippen LogP contribution in [0, 0.1) is 0 Å². The van der Waals surface area contributed by atoms with E-state index in [1.54, 1.807) is 13.2 Å². The molecule has 0 saturated carbocycles. The van der Waals surface area contributed by atoms with Crippen LogP contribution in [0.4, 0.5) is 5.69 Å². The zero-order chi connectivity index (χ0) is 17.2. The topological polar surface area (TPSA) is 88.7 Å². The second kappa shape index (κ2) is 9.69. The highest BCUT2D eigenvalue weighted by molar-refractivity contribution is 7.12. The van der Waals surface area contributed by atoms with Crippen molar-refractivity contribution in [3.63, 3.8) is 0 Å². The number of aliphatic imine (C=N–C) groups is 1. The van der Waals surface area contributed by atoms with Gasteiger partial charge in [-0.3, -0.25) is 9.79 Å². The van der Waals surface area contributed by atoms with Gasteiger partial charge in [-0.25, -0.2) is 0 Å². The highest BCUT2D eigenvalue weighted by atomic mass is 32.1. The van der Waals surface area contributed by atoms with Crippen LogP contribution in [0.3, 0.4) is 0 Å². The number of guanidine groups is 1. The smallest absolute Gasteiger partial charge is 0.261 e. The summed E-state index contributed by atoms with van der Waals surface area (Å²) >= 11 is 1.43. The quantitative estimate of drug-likeness (QED) is 0.389. The molecule has 1 aromatic heterocycles. The standard InChI is InChI=1S/C17H22N4O2S/c1-23-12-13-6-2-3-7-14(13)21-17(18)20-10-5-9-19-16(22)15-8-4-11-24-15/h2-4,6-8,11H,5,9-10,12H2,1H3,(H,19,22)(H3,18,20,21). The molecule has 0 aliphatic heterocycles. The summed E-state index contributed by atoms with van der Waals surface area (Å²) in [5.74, 6) is 0.303. The fourth-order valence-corrected chi connectivity index (χ4v) is 2.72. The van der Waals surface area contributed by atoms with Gasteiger partial charge in [0.2, 0.25) is 0 Å². The number of anilines is 1. The molecule has 24 heavy (non-hydrogen) atoms. The molecule has 6 nitrogen and oxygen atoms in total. The number of nitrogens with one attached hydrogen (secondary N) is 2. The molecule has 0 radical (unpaired) electrons. The van der Waals surface area contributed by atoms with Crippen LogP contribution < -0.4 is 16.4 Å². The van der Waals surface area contributed by atoms with Gasteiger partial charge in [0.1, 0.15) is 0 Å². The lowest BCUT2D eigenvalue weighted by atomic mass is 10.2. The number of rotatable bonds is 8. The van der Waals surface area contributed by atoms with Gasteiger partial charge in [0, 0.05) is 31.5 Å². The highest BCUT2D eigenvalue weighted by Gasteiger charge is 2.05. The first-order chi connectivity index (χ1) is 11.7. The first kappa shape index (κ1) is 18.0. The lowest BCUT2D eigenvalue weighted by molar-refractivity contribution is 0.0957. The summed E-state index contributed by atoms with van der Waals surface area (Å²) in [7, 11) is 1.65. The predicted molar refractivity (Wildman–Crippen MR) is 98.5 cm³/mol. The molecular weight excluding hydrogens is 324 g/mol. The van der Waals surface area contributed by atoms with Crippen molar-refractivity contribution in [3.8, 4) is 0 Å². The third-order valence-electron chi connectivity index (χ3n) is 3.23. The molecule has 0 aliphatic rings. The Morgan fingerprint density at radius 3 is 2.88 bits per heavy atom. The first-order valence-corrected chi connectivity index (χ1v) is 8.54. The van der Waals surface area contributed by atoms with E-state index in [0.717, 1.165) is 22.5 Å². The SMILES string of the molecule is COCc1ccccc1NC(N)=NCCCNC(=O)c1cccs1. The molecule has 7 heteroatoms. The van der Waals surface area contributed by atoms with Crippen LogP contribution in [0.25, 0.3) is 0 Å². The van der Waals surface area contributed by atoms with Crippen LogP contribution >= 0.6 is 11.3 Å². The van der Waals surface area contributed by atoms with Crippen LogP contribution in [0.1, 0.15) is 21.7 Å². The molecule has 0 bridgehead atoms. The van der Waals surface area contributed by atoms with E-state index >= 15 is 0 Å². The Labute approximate surface area is 145 Å². The first-order valence-electron chi connectivity index (χ1n) is 7.66. The zero-order valence-corrected chi connectivity index (χ0v) is 14.4. The molecule has 0 fully saturated rings. The van der Waals surface area contributed by atoms with Crippen molar-refractivity contribution in [2.75, 3.05) is 25.5 Å². The van der Waals surface area contributed by atoms with E-state index in [0.29, 0.717) is 25.7 Å². The maximum absolute atomic E-state index is 11.8. The van der Waals surface area contributed by atoms with Crippen LogP contribution in [0.5, 0.6) is 0 Å². The number of thiophene rings is 1. The Kier molecular flexibility index (Phi) is 7.25. The average molecular weight is 346 g/mol. The molecule has 4 N–H and O–H groups in total. The summed E-state index contributed by atoms with van der Waals surface area (Å²) in [6.45, 7) is 1.61. The lowest BCUT2D eigenvalue weighted by Crippen LogP contribution is -2.26. The maximum Gasteiger partial charge on any atom is 0.261 e. The minimum absolute atomic E-state index is 0.0476. The number of nitrogens with zero attached hydrogens (tertiary/aromatic N) is 1. The van der Waals surface area contributed by atoms with E-state index in [9.17, 15) is 4.79 Å². The van der Waals surface area contributed by atoms with Gasteiger partial charge in [0.25, 0.3) is 5.91 Å². The monoisotopic (exact) mass is 346 g/mol.